The van der Waals surface area contributed by atoms with Gasteiger partial charge in [-0.05, 0) is 6.08 Å². The van der Waals surface area contributed by atoms with Crippen LogP contribution in [0.25, 0.3) is 11.2 Å². The minimum atomic E-state index is -1.63. The van der Waals surface area contributed by atoms with Crippen LogP contribution in [0.5, 0.6) is 0 Å². The lowest BCUT2D eigenvalue weighted by molar-refractivity contribution is 0.100. The Balaban J connectivity index is 2.08. The van der Waals surface area contributed by atoms with Crippen molar-refractivity contribution in [2.24, 2.45) is 0 Å². The Morgan fingerprint density at radius 3 is 3.00 bits per heavy atom. The molecule has 98 valence electrons. The second-order valence-electron chi connectivity index (χ2n) is 4.50. The highest BCUT2D eigenvalue weighted by Gasteiger charge is 2.39. The van der Waals surface area contributed by atoms with Crippen LogP contribution < -0.4 is 5.73 Å². The molecule has 0 saturated carbocycles. The summed E-state index contributed by atoms with van der Waals surface area (Å²) >= 11 is 0. The average molecular weight is 261 g/mol. The quantitative estimate of drug-likeness (QED) is 0.791. The van der Waals surface area contributed by atoms with Crippen LogP contribution >= 0.6 is 0 Å². The Kier molecular flexibility index (Phi) is 2.39. The fraction of sp³-hybridized carbons (Fsp3) is 0.250. The van der Waals surface area contributed by atoms with Crippen LogP contribution in [0, 0.1) is 0 Å². The van der Waals surface area contributed by atoms with Crippen molar-refractivity contribution in [3.63, 3.8) is 0 Å². The topological polar surface area (TPSA) is 89.8 Å². The zero-order valence-corrected chi connectivity index (χ0v) is 9.99. The second-order valence-corrected chi connectivity index (χ2v) is 4.50. The van der Waals surface area contributed by atoms with E-state index in [4.69, 9.17) is 5.73 Å². The summed E-state index contributed by atoms with van der Waals surface area (Å²) in [6.45, 7) is 3.46. The number of allylic oxidation sites excluding steroid dienone is 1. The van der Waals surface area contributed by atoms with Crippen LogP contribution in [0.3, 0.4) is 0 Å². The average Bonchev–Trinajstić information content (AvgIpc) is 2.94. The van der Waals surface area contributed by atoms with Gasteiger partial charge < -0.3 is 15.4 Å². The second kappa shape index (κ2) is 3.86. The van der Waals surface area contributed by atoms with Crippen molar-refractivity contribution in [3.8, 4) is 0 Å². The van der Waals surface area contributed by atoms with E-state index in [0.29, 0.717) is 11.2 Å². The fourth-order valence-electron chi connectivity index (χ4n) is 2.26. The summed E-state index contributed by atoms with van der Waals surface area (Å²) in [6, 6.07) is -0.387. The molecule has 7 heteroatoms. The lowest BCUT2D eigenvalue weighted by Crippen LogP contribution is -2.24. The normalized spacial score (nSPS) is 26.6. The number of rotatable bonds is 2. The van der Waals surface area contributed by atoms with Crippen molar-refractivity contribution in [3.05, 3.63) is 37.2 Å². The predicted molar refractivity (Wildman–Crippen MR) is 67.7 cm³/mol. The van der Waals surface area contributed by atoms with Crippen LogP contribution in [0.2, 0.25) is 0 Å². The summed E-state index contributed by atoms with van der Waals surface area (Å²) in [5, 5.41) is 10.0. The standard InChI is InChI=1S/C12H12FN5O/c1-2-12(19)4-7(3-8(12)13)18-6-17-9-10(14)15-5-16-11(9)18/h2-3,5-7,19H,1,4H2,(H2,14,15,16)/t7?,12-/m0/s1. The zero-order valence-electron chi connectivity index (χ0n) is 9.99. The lowest BCUT2D eigenvalue weighted by atomic mass is 10.0. The molecule has 2 heterocycles. The molecule has 0 fully saturated rings. The molecule has 0 spiro atoms. The summed E-state index contributed by atoms with van der Waals surface area (Å²) in [5.74, 6) is -0.346. The summed E-state index contributed by atoms with van der Waals surface area (Å²) in [4.78, 5) is 12.1. The van der Waals surface area contributed by atoms with E-state index in [2.05, 4.69) is 21.5 Å². The molecule has 2 atom stereocenters. The Morgan fingerprint density at radius 1 is 1.53 bits per heavy atom. The van der Waals surface area contributed by atoms with E-state index in [1.54, 1.807) is 4.57 Å². The van der Waals surface area contributed by atoms with Gasteiger partial charge in [-0.25, -0.2) is 19.3 Å². The molecule has 3 N–H and O–H groups in total. The summed E-state index contributed by atoms with van der Waals surface area (Å²) < 4.78 is 15.4. The van der Waals surface area contributed by atoms with Gasteiger partial charge in [-0.1, -0.05) is 12.7 Å². The monoisotopic (exact) mass is 261 g/mol. The van der Waals surface area contributed by atoms with Crippen LogP contribution in [0.15, 0.2) is 37.2 Å². The van der Waals surface area contributed by atoms with Crippen molar-refractivity contribution >= 4 is 17.0 Å². The molecule has 0 aliphatic heterocycles. The number of nitrogen functional groups attached to an aromatic ring is 1. The van der Waals surface area contributed by atoms with E-state index in [9.17, 15) is 9.50 Å². The van der Waals surface area contributed by atoms with Gasteiger partial charge in [0.15, 0.2) is 11.5 Å². The molecule has 0 amide bonds. The Hall–Kier alpha value is -2.28. The molecule has 0 radical (unpaired) electrons. The van der Waals surface area contributed by atoms with E-state index in [0.717, 1.165) is 0 Å². The first kappa shape index (κ1) is 11.8. The number of halogens is 1. The van der Waals surface area contributed by atoms with Crippen LogP contribution in [0.1, 0.15) is 12.5 Å². The Morgan fingerprint density at radius 2 is 2.32 bits per heavy atom. The molecule has 1 aliphatic carbocycles. The molecule has 3 rings (SSSR count). The third kappa shape index (κ3) is 1.62. The van der Waals surface area contributed by atoms with E-state index in [1.807, 2.05) is 0 Å². The van der Waals surface area contributed by atoms with Crippen molar-refractivity contribution < 1.29 is 9.50 Å². The van der Waals surface area contributed by atoms with E-state index >= 15 is 0 Å². The first-order valence-corrected chi connectivity index (χ1v) is 5.72. The zero-order chi connectivity index (χ0) is 13.6. The molecule has 2 aromatic heterocycles. The van der Waals surface area contributed by atoms with Crippen molar-refractivity contribution in [1.29, 1.82) is 0 Å². The maximum absolute atomic E-state index is 13.7. The fourth-order valence-corrected chi connectivity index (χ4v) is 2.26. The predicted octanol–water partition coefficient (Wildman–Crippen LogP) is 1.12. The molecule has 2 aromatic rings. The van der Waals surface area contributed by atoms with Gasteiger partial charge in [0.05, 0.1) is 12.4 Å². The van der Waals surface area contributed by atoms with Crippen LogP contribution in [-0.4, -0.2) is 30.2 Å². The van der Waals surface area contributed by atoms with Crippen molar-refractivity contribution in [2.75, 3.05) is 5.73 Å². The van der Waals surface area contributed by atoms with Gasteiger partial charge in [-0.2, -0.15) is 0 Å². The molecule has 0 aromatic carbocycles. The number of hydrogen-bond acceptors (Lipinski definition) is 5. The first-order chi connectivity index (χ1) is 9.05. The first-order valence-electron chi connectivity index (χ1n) is 5.72. The Labute approximate surface area is 108 Å². The number of hydrogen-bond donors (Lipinski definition) is 2. The van der Waals surface area contributed by atoms with Gasteiger partial charge in [-0.15, -0.1) is 0 Å². The van der Waals surface area contributed by atoms with Crippen LogP contribution in [-0.2, 0) is 0 Å². The van der Waals surface area contributed by atoms with Gasteiger partial charge in [-0.3, -0.25) is 0 Å². The molecular weight excluding hydrogens is 249 g/mol. The van der Waals surface area contributed by atoms with Gasteiger partial charge in [0, 0.05) is 6.42 Å². The number of nitrogens with zero attached hydrogens (tertiary/aromatic N) is 4. The van der Waals surface area contributed by atoms with Gasteiger partial charge in [0.1, 0.15) is 23.3 Å². The van der Waals surface area contributed by atoms with Gasteiger partial charge in [0.2, 0.25) is 0 Å². The lowest BCUT2D eigenvalue weighted by Gasteiger charge is -2.19. The molecule has 6 nitrogen and oxygen atoms in total. The largest absolute Gasteiger partial charge is 0.382 e. The molecule has 1 aliphatic rings. The maximum atomic E-state index is 13.7. The Bertz CT molecular complexity index is 694. The highest BCUT2D eigenvalue weighted by molar-refractivity contribution is 5.81. The number of imidazole rings is 1. The minimum absolute atomic E-state index is 0.150. The van der Waals surface area contributed by atoms with Crippen LogP contribution in [0.4, 0.5) is 10.2 Å². The highest BCUT2D eigenvalue weighted by Crippen LogP contribution is 2.39. The minimum Gasteiger partial charge on any atom is -0.382 e. The van der Waals surface area contributed by atoms with Gasteiger partial charge in [0.25, 0.3) is 0 Å². The summed E-state index contributed by atoms with van der Waals surface area (Å²) in [5.41, 5.74) is 5.04. The third-order valence-corrected chi connectivity index (χ3v) is 3.35. The number of aliphatic hydroxyl groups is 1. The number of anilines is 1. The summed E-state index contributed by atoms with van der Waals surface area (Å²) in [6.07, 6.45) is 5.52. The molecular formula is C12H12FN5O. The molecule has 0 saturated heterocycles. The van der Waals surface area contributed by atoms with Crippen molar-refractivity contribution in [1.82, 2.24) is 19.5 Å². The molecule has 0 bridgehead atoms. The number of nitrogens with two attached hydrogens (primary N) is 1. The number of fused-ring (bicyclic) bond motifs is 1. The van der Waals surface area contributed by atoms with E-state index < -0.39 is 11.4 Å². The number of aromatic nitrogens is 4. The van der Waals surface area contributed by atoms with E-state index in [-0.39, 0.29) is 18.3 Å². The van der Waals surface area contributed by atoms with Crippen molar-refractivity contribution in [2.45, 2.75) is 18.1 Å². The van der Waals surface area contributed by atoms with Gasteiger partial charge >= 0.3 is 0 Å². The smallest absolute Gasteiger partial charge is 0.165 e. The molecule has 1 unspecified atom stereocenters. The van der Waals surface area contributed by atoms with E-state index in [1.165, 1.54) is 24.8 Å². The maximum Gasteiger partial charge on any atom is 0.165 e. The molecule has 19 heavy (non-hydrogen) atoms. The third-order valence-electron chi connectivity index (χ3n) is 3.35. The SMILES string of the molecule is C=C[C@]1(O)CC(n2cnc3c(N)ncnc32)C=C1F. The summed E-state index contributed by atoms with van der Waals surface area (Å²) in [7, 11) is 0. The highest BCUT2D eigenvalue weighted by atomic mass is 19.1.